The van der Waals surface area contributed by atoms with Crippen LogP contribution in [0.5, 0.6) is 0 Å². The Balaban J connectivity index is 1.87. The first kappa shape index (κ1) is 13.7. The van der Waals surface area contributed by atoms with E-state index < -0.39 is 6.10 Å². The first-order chi connectivity index (χ1) is 10.1. The molecule has 1 aromatic carbocycles. The van der Waals surface area contributed by atoms with Gasteiger partial charge in [0.25, 0.3) is 0 Å². The van der Waals surface area contributed by atoms with E-state index in [2.05, 4.69) is 9.97 Å². The molecule has 2 heterocycles. The summed E-state index contributed by atoms with van der Waals surface area (Å²) in [4.78, 5) is 9.01. The van der Waals surface area contributed by atoms with Gasteiger partial charge in [0.2, 0.25) is 0 Å². The van der Waals surface area contributed by atoms with Gasteiger partial charge in [-0.05, 0) is 32.0 Å². The molecule has 0 bridgehead atoms. The first-order valence-corrected chi connectivity index (χ1v) is 7.10. The maximum Gasteiger partial charge on any atom is 0.0862 e. The molecule has 0 saturated heterocycles. The second-order valence-electron chi connectivity index (χ2n) is 5.34. The number of aryl methyl sites for hydroxylation is 2. The number of hydrogen-bond acceptors (Lipinski definition) is 3. The fourth-order valence-electron chi connectivity index (χ4n) is 2.58. The Kier molecular flexibility index (Phi) is 3.67. The average molecular weight is 278 g/mol. The van der Waals surface area contributed by atoms with Crippen LogP contribution in [0, 0.1) is 13.8 Å². The summed E-state index contributed by atoms with van der Waals surface area (Å²) in [6.07, 6.45) is -0.0806. The minimum absolute atomic E-state index is 0.496. The highest BCUT2D eigenvalue weighted by Crippen LogP contribution is 2.21. The molecular formula is C18H18N2O. The fourth-order valence-corrected chi connectivity index (χ4v) is 2.58. The van der Waals surface area contributed by atoms with Crippen LogP contribution in [0.15, 0.2) is 48.5 Å². The third kappa shape index (κ3) is 2.93. The van der Waals surface area contributed by atoms with E-state index in [1.807, 2.05) is 62.4 Å². The molecule has 0 amide bonds. The molecule has 0 radical (unpaired) electrons. The molecule has 3 aromatic rings. The molecule has 0 aliphatic rings. The van der Waals surface area contributed by atoms with E-state index in [9.17, 15) is 5.11 Å². The lowest BCUT2D eigenvalue weighted by atomic mass is 10.0. The zero-order valence-corrected chi connectivity index (χ0v) is 12.2. The Morgan fingerprint density at radius 1 is 0.952 bits per heavy atom. The molecule has 3 nitrogen and oxygen atoms in total. The number of nitrogens with zero attached hydrogens (tertiary/aromatic N) is 2. The van der Waals surface area contributed by atoms with Gasteiger partial charge >= 0.3 is 0 Å². The van der Waals surface area contributed by atoms with Crippen LogP contribution in [-0.2, 0) is 6.42 Å². The number of rotatable bonds is 3. The summed E-state index contributed by atoms with van der Waals surface area (Å²) in [7, 11) is 0. The molecule has 3 rings (SSSR count). The van der Waals surface area contributed by atoms with Crippen LogP contribution in [0.1, 0.15) is 28.7 Å². The SMILES string of the molecule is Cc1ccc(C(O)Cc2ccc3ccccc3n2)c(C)n1. The third-order valence-corrected chi connectivity index (χ3v) is 3.68. The lowest BCUT2D eigenvalue weighted by Gasteiger charge is -2.13. The van der Waals surface area contributed by atoms with Gasteiger partial charge in [-0.2, -0.15) is 0 Å². The Morgan fingerprint density at radius 3 is 2.57 bits per heavy atom. The zero-order valence-electron chi connectivity index (χ0n) is 12.2. The van der Waals surface area contributed by atoms with E-state index in [4.69, 9.17) is 0 Å². The maximum absolute atomic E-state index is 10.4. The average Bonchev–Trinajstić information content (AvgIpc) is 2.47. The molecule has 106 valence electrons. The van der Waals surface area contributed by atoms with E-state index in [1.165, 1.54) is 0 Å². The molecule has 21 heavy (non-hydrogen) atoms. The predicted molar refractivity (Wildman–Crippen MR) is 84.1 cm³/mol. The first-order valence-electron chi connectivity index (χ1n) is 7.10. The molecule has 1 N–H and O–H groups in total. The predicted octanol–water partition coefficient (Wildman–Crippen LogP) is 3.52. The van der Waals surface area contributed by atoms with Gasteiger partial charge in [0, 0.05) is 34.5 Å². The molecule has 3 heteroatoms. The monoisotopic (exact) mass is 278 g/mol. The highest BCUT2D eigenvalue weighted by molar-refractivity contribution is 5.78. The zero-order chi connectivity index (χ0) is 14.8. The summed E-state index contributed by atoms with van der Waals surface area (Å²) in [5.41, 5.74) is 4.56. The van der Waals surface area contributed by atoms with E-state index >= 15 is 0 Å². The summed E-state index contributed by atoms with van der Waals surface area (Å²) in [5, 5.41) is 11.6. The van der Waals surface area contributed by atoms with E-state index in [-0.39, 0.29) is 0 Å². The van der Waals surface area contributed by atoms with Crippen LogP contribution >= 0.6 is 0 Å². The van der Waals surface area contributed by atoms with Crippen molar-refractivity contribution in [1.29, 1.82) is 0 Å². The minimum Gasteiger partial charge on any atom is -0.388 e. The van der Waals surface area contributed by atoms with Crippen molar-refractivity contribution < 1.29 is 5.11 Å². The number of pyridine rings is 2. The highest BCUT2D eigenvalue weighted by Gasteiger charge is 2.13. The van der Waals surface area contributed by atoms with Crippen molar-refractivity contribution in [1.82, 2.24) is 9.97 Å². The van der Waals surface area contributed by atoms with Crippen molar-refractivity contribution in [3.8, 4) is 0 Å². The normalized spacial score (nSPS) is 12.5. The van der Waals surface area contributed by atoms with Gasteiger partial charge in [0.05, 0.1) is 11.6 Å². The fraction of sp³-hybridized carbons (Fsp3) is 0.222. The number of benzene rings is 1. The summed E-state index contributed by atoms with van der Waals surface area (Å²) in [6.45, 7) is 3.88. The van der Waals surface area contributed by atoms with Crippen LogP contribution in [0.4, 0.5) is 0 Å². The molecule has 0 saturated carbocycles. The van der Waals surface area contributed by atoms with Crippen molar-refractivity contribution in [2.75, 3.05) is 0 Å². The van der Waals surface area contributed by atoms with E-state index in [1.54, 1.807) is 0 Å². The molecule has 0 spiro atoms. The quantitative estimate of drug-likeness (QED) is 0.797. The van der Waals surface area contributed by atoms with E-state index in [0.29, 0.717) is 6.42 Å². The van der Waals surface area contributed by atoms with Crippen LogP contribution < -0.4 is 0 Å². The van der Waals surface area contributed by atoms with Crippen molar-refractivity contribution in [3.63, 3.8) is 0 Å². The lowest BCUT2D eigenvalue weighted by molar-refractivity contribution is 0.176. The molecule has 0 aliphatic carbocycles. The smallest absolute Gasteiger partial charge is 0.0862 e. The third-order valence-electron chi connectivity index (χ3n) is 3.68. The minimum atomic E-state index is -0.577. The van der Waals surface area contributed by atoms with Crippen LogP contribution in [-0.4, -0.2) is 15.1 Å². The van der Waals surface area contributed by atoms with Crippen LogP contribution in [0.3, 0.4) is 0 Å². The van der Waals surface area contributed by atoms with Gasteiger partial charge in [-0.1, -0.05) is 30.3 Å². The number of aliphatic hydroxyl groups is 1. The van der Waals surface area contributed by atoms with Gasteiger partial charge in [-0.15, -0.1) is 0 Å². The molecule has 2 aromatic heterocycles. The van der Waals surface area contributed by atoms with Crippen molar-refractivity contribution in [3.05, 3.63) is 71.2 Å². The number of aliphatic hydroxyl groups excluding tert-OH is 1. The molecular weight excluding hydrogens is 260 g/mol. The molecule has 0 aliphatic heterocycles. The summed E-state index contributed by atoms with van der Waals surface area (Å²) < 4.78 is 0. The van der Waals surface area contributed by atoms with Crippen molar-refractivity contribution in [2.45, 2.75) is 26.4 Å². The van der Waals surface area contributed by atoms with Gasteiger partial charge < -0.3 is 5.11 Å². The Morgan fingerprint density at radius 2 is 1.76 bits per heavy atom. The Hall–Kier alpha value is -2.26. The summed E-state index contributed by atoms with van der Waals surface area (Å²) >= 11 is 0. The number of hydrogen-bond donors (Lipinski definition) is 1. The highest BCUT2D eigenvalue weighted by atomic mass is 16.3. The number of aromatic nitrogens is 2. The number of fused-ring (bicyclic) bond motifs is 1. The Labute approximate surface area is 124 Å². The molecule has 0 fully saturated rings. The van der Waals surface area contributed by atoms with Crippen LogP contribution in [0.2, 0.25) is 0 Å². The number of para-hydroxylation sites is 1. The lowest BCUT2D eigenvalue weighted by Crippen LogP contribution is -2.06. The second-order valence-corrected chi connectivity index (χ2v) is 5.34. The maximum atomic E-state index is 10.4. The summed E-state index contributed by atoms with van der Waals surface area (Å²) in [5.74, 6) is 0. The molecule has 1 atom stereocenters. The second kappa shape index (κ2) is 5.62. The summed E-state index contributed by atoms with van der Waals surface area (Å²) in [6, 6.07) is 15.9. The largest absolute Gasteiger partial charge is 0.388 e. The van der Waals surface area contributed by atoms with Gasteiger partial charge in [0.1, 0.15) is 0 Å². The molecule has 1 unspecified atom stereocenters. The Bertz CT molecular complexity index is 783. The van der Waals surface area contributed by atoms with Crippen LogP contribution in [0.25, 0.3) is 10.9 Å². The van der Waals surface area contributed by atoms with Crippen molar-refractivity contribution >= 4 is 10.9 Å². The van der Waals surface area contributed by atoms with Gasteiger partial charge in [-0.25, -0.2) is 0 Å². The standard InChI is InChI=1S/C18H18N2O/c1-12-7-10-16(13(2)19-12)18(21)11-15-9-8-14-5-3-4-6-17(14)20-15/h3-10,18,21H,11H2,1-2H3. The van der Waals surface area contributed by atoms with Gasteiger partial charge in [-0.3, -0.25) is 9.97 Å². The topological polar surface area (TPSA) is 46.0 Å². The van der Waals surface area contributed by atoms with Gasteiger partial charge in [0.15, 0.2) is 0 Å². The van der Waals surface area contributed by atoms with E-state index in [0.717, 1.165) is 33.5 Å². The van der Waals surface area contributed by atoms with Crippen molar-refractivity contribution in [2.24, 2.45) is 0 Å².